The van der Waals surface area contributed by atoms with Gasteiger partial charge in [0.1, 0.15) is 103 Å². The standard InChI is InChI=1S/C35H38NO2.C31H30NO2.C30H27NO2.C25H16O2/c1-21-13-14-25-27-17-30-26(24-11-9-10-12-29(24)37-30)16-31(27)38-33(25)32(21)28-15-22(18-34(2,3)4)23(20-36(28)8)19-35(5,6)7;1-18-11-12-22-24-15-27-23(21-9-7-8-10-26(21)33-27)14-28(24)34-30(22)29(18)25-13-19(2)20(17-32(25)6)16-31(3,4)5;1-17-13-25(31-16-24(17)18(2)30(3,4)5)21-11-8-10-20-23-14-22-19-9-6-7-12-26(19)32-27(22)15-28(23)33-29(20)21;1-15-6-4-7-16(12-15)17-9-5-10-19-21-13-20-18-8-2-3-11-22(18)26-23(20)14-24(21)27-25(17)19/h9-17,20H,18-19H2,1-8H3;7-15,17H,16H2,1-6H3;6-16,18H,1-5H3;2-14H,1H3/q2*+1;;/i18D2,19D2;16D2;18D;. The van der Waals surface area contributed by atoms with Gasteiger partial charge in [0.05, 0.1) is 16.8 Å². The first-order valence-corrected chi connectivity index (χ1v) is 45.5. The topological polar surface area (TPSA) is 126 Å². The lowest BCUT2D eigenvalue weighted by Gasteiger charge is -2.28. The van der Waals surface area contributed by atoms with E-state index in [9.17, 15) is 2.74 Å². The molecular formula is C121H111N3O8+2. The molecule has 0 radical (unpaired) electrons. The highest BCUT2D eigenvalue weighted by Crippen LogP contribution is 2.48. The molecule has 24 aromatic rings. The molecule has 11 aromatic heterocycles. The predicted octanol–water partition coefficient (Wildman–Crippen LogP) is 34.1. The van der Waals surface area contributed by atoms with Crippen molar-refractivity contribution in [1.29, 1.82) is 0 Å². The fraction of sp³-hybridized carbons (Fsp3) is 0.231. The lowest BCUT2D eigenvalue weighted by molar-refractivity contribution is -0.661. The third kappa shape index (κ3) is 15.3. The molecule has 24 rings (SSSR count). The molecule has 0 saturated carbocycles. The summed E-state index contributed by atoms with van der Waals surface area (Å²) in [7, 11) is 3.88. The Hall–Kier alpha value is -14.3. The second kappa shape index (κ2) is 31.8. The molecule has 0 saturated heterocycles. The van der Waals surface area contributed by atoms with Gasteiger partial charge in [-0.25, -0.2) is 9.13 Å². The van der Waals surface area contributed by atoms with Crippen LogP contribution in [-0.2, 0) is 33.2 Å². The van der Waals surface area contributed by atoms with Crippen LogP contribution in [0.1, 0.15) is 156 Å². The molecule has 0 amide bonds. The average Bonchev–Trinajstić information content (AvgIpc) is 1.72. The smallest absolute Gasteiger partial charge is 0.216 e. The number of benzene rings is 13. The van der Waals surface area contributed by atoms with E-state index >= 15 is 0 Å². The molecule has 0 aliphatic heterocycles. The number of aromatic nitrogens is 3. The van der Waals surface area contributed by atoms with Crippen molar-refractivity contribution >= 4 is 176 Å². The number of hydrogen-bond donors (Lipinski definition) is 0. The Labute approximate surface area is 777 Å². The molecule has 0 aliphatic rings. The molecule has 11 heteroatoms. The summed E-state index contributed by atoms with van der Waals surface area (Å²) in [5.41, 5.74) is 26.6. The fourth-order valence-electron chi connectivity index (χ4n) is 19.2. The Morgan fingerprint density at radius 2 is 0.659 bits per heavy atom. The minimum Gasteiger partial charge on any atom is -0.456 e. The third-order valence-corrected chi connectivity index (χ3v) is 25.7. The van der Waals surface area contributed by atoms with Gasteiger partial charge in [-0.1, -0.05) is 247 Å². The molecule has 0 bridgehead atoms. The van der Waals surface area contributed by atoms with Gasteiger partial charge in [0.25, 0.3) is 0 Å². The Morgan fingerprint density at radius 1 is 0.303 bits per heavy atom. The third-order valence-electron chi connectivity index (χ3n) is 25.7. The van der Waals surface area contributed by atoms with Crippen LogP contribution in [0.3, 0.4) is 0 Å². The van der Waals surface area contributed by atoms with E-state index in [1.165, 1.54) is 11.1 Å². The van der Waals surface area contributed by atoms with E-state index in [1.54, 1.807) is 6.20 Å². The van der Waals surface area contributed by atoms with Gasteiger partial charge in [-0.05, 0) is 193 Å². The summed E-state index contributed by atoms with van der Waals surface area (Å²) in [6.45, 7) is 35.6. The second-order valence-corrected chi connectivity index (χ2v) is 40.0. The van der Waals surface area contributed by atoms with E-state index in [2.05, 4.69) is 181 Å². The van der Waals surface area contributed by atoms with Crippen molar-refractivity contribution in [3.63, 3.8) is 0 Å². The molecule has 11 heterocycles. The molecule has 13 aromatic carbocycles. The predicted molar refractivity (Wildman–Crippen MR) is 547 cm³/mol. The van der Waals surface area contributed by atoms with Crippen molar-refractivity contribution < 1.29 is 54.1 Å². The van der Waals surface area contributed by atoms with Gasteiger partial charge in [-0.15, -0.1) is 0 Å². The number of fused-ring (bicyclic) bond motifs is 24. The molecule has 0 aliphatic carbocycles. The largest absolute Gasteiger partial charge is 0.456 e. The number of furan rings is 8. The van der Waals surface area contributed by atoms with E-state index in [1.807, 2.05) is 228 Å². The van der Waals surface area contributed by atoms with E-state index in [-0.39, 0.29) is 5.41 Å². The van der Waals surface area contributed by atoms with Crippen molar-refractivity contribution in [2.75, 3.05) is 0 Å². The van der Waals surface area contributed by atoms with Crippen molar-refractivity contribution in [3.05, 3.63) is 317 Å². The van der Waals surface area contributed by atoms with Gasteiger partial charge in [0.15, 0.2) is 12.4 Å². The number of para-hydroxylation sites is 6. The molecule has 11 nitrogen and oxygen atoms in total. The number of hydrogen-bond acceptors (Lipinski definition) is 9. The molecule has 0 fully saturated rings. The number of pyridine rings is 3. The highest BCUT2D eigenvalue weighted by Gasteiger charge is 2.31. The minimum absolute atomic E-state index is 0.208. The first kappa shape index (κ1) is 76.6. The first-order chi connectivity index (χ1) is 65.8. The fourth-order valence-corrected chi connectivity index (χ4v) is 19.2. The van der Waals surface area contributed by atoms with E-state index < -0.39 is 41.3 Å². The summed E-state index contributed by atoms with van der Waals surface area (Å²) in [6, 6.07) is 84.4. The van der Waals surface area contributed by atoms with Gasteiger partial charge >= 0.3 is 0 Å². The van der Waals surface area contributed by atoms with Crippen molar-refractivity contribution in [1.82, 2.24) is 4.98 Å². The quantitative estimate of drug-likeness (QED) is 0.137. The van der Waals surface area contributed by atoms with Gasteiger partial charge < -0.3 is 35.3 Å². The Bertz CT molecular complexity index is 9190. The van der Waals surface area contributed by atoms with Crippen LogP contribution in [0.25, 0.3) is 220 Å². The molecule has 0 spiro atoms. The van der Waals surface area contributed by atoms with E-state index in [4.69, 9.17) is 47.2 Å². The maximum Gasteiger partial charge on any atom is 0.216 e. The number of rotatable bonds is 8. The summed E-state index contributed by atoms with van der Waals surface area (Å²) in [4.78, 5) is 4.80. The van der Waals surface area contributed by atoms with Gasteiger partial charge in [-0.3, -0.25) is 4.98 Å². The van der Waals surface area contributed by atoms with Crippen LogP contribution in [0.5, 0.6) is 0 Å². The molecule has 1 atom stereocenters. The van der Waals surface area contributed by atoms with Crippen LogP contribution in [0.4, 0.5) is 0 Å². The highest BCUT2D eigenvalue weighted by molar-refractivity contribution is 6.21. The molecule has 656 valence electrons. The van der Waals surface area contributed by atoms with Crippen molar-refractivity contribution in [2.24, 2.45) is 35.8 Å². The van der Waals surface area contributed by atoms with Crippen LogP contribution in [-0.4, -0.2) is 4.98 Å². The molecule has 0 N–H and O–H groups in total. The number of nitrogens with zero attached hydrogens (tertiary/aromatic N) is 3. The molecule has 1 unspecified atom stereocenters. The first-order valence-electron chi connectivity index (χ1n) is 49.0. The Kier molecular flexibility index (Phi) is 18.4. The lowest BCUT2D eigenvalue weighted by Crippen LogP contribution is -2.33. The van der Waals surface area contributed by atoms with Gasteiger partial charge in [0, 0.05) is 148 Å². The SMILES string of the molecule is Cc1cccc(-c2cccc3c2oc2cc4oc5ccccc5c4cc23)c1.[2H]C(C)(c1cnc(-c2cccc3c2oc2cc4oc5ccccc5c4cc23)cc1C)C(C)(C)C.[2H]C([2H])(c1c[n+](C)c(-c2c(C)ccc3c2oc2cc4c(cc23)oc2ccccc24)cc1C)C(C)(C)C.[2H]C([2H])(c1cc(-c2c(C)ccc3c2oc2cc4c(cc23)oc2ccccc24)[n+](C)cc1C([2H])([2H])C(C)(C)C)C(C)(C)C. The van der Waals surface area contributed by atoms with Crippen LogP contribution < -0.4 is 9.13 Å². The lowest BCUT2D eigenvalue weighted by atomic mass is 9.77. The van der Waals surface area contributed by atoms with Crippen LogP contribution >= 0.6 is 0 Å². The van der Waals surface area contributed by atoms with Crippen LogP contribution in [0.15, 0.2) is 303 Å². The summed E-state index contributed by atoms with van der Waals surface area (Å²) in [6.07, 6.45) is 0.518. The minimum atomic E-state index is -1.81. The Morgan fingerprint density at radius 3 is 1.11 bits per heavy atom. The maximum atomic E-state index is 9.27. The van der Waals surface area contributed by atoms with Crippen molar-refractivity contribution in [3.8, 4) is 44.9 Å². The van der Waals surface area contributed by atoms with Gasteiger partial charge in [-0.2, -0.15) is 0 Å². The van der Waals surface area contributed by atoms with Gasteiger partial charge in [0.2, 0.25) is 11.4 Å². The molecular weight excluding hydrogens is 1620 g/mol. The van der Waals surface area contributed by atoms with Crippen LogP contribution in [0, 0.1) is 56.3 Å². The maximum absolute atomic E-state index is 9.27. The average molecular weight is 1740 g/mol. The zero-order valence-electron chi connectivity index (χ0n) is 85.5. The summed E-state index contributed by atoms with van der Waals surface area (Å²) in [5.74, 6) is -0.745. The monoisotopic (exact) mass is 1740 g/mol. The number of aryl methyl sites for hydroxylation is 7. The normalized spacial score (nSPS) is 14.1. The summed E-state index contributed by atoms with van der Waals surface area (Å²) in [5, 5.41) is 17.0. The van der Waals surface area contributed by atoms with E-state index in [0.717, 1.165) is 237 Å². The summed E-state index contributed by atoms with van der Waals surface area (Å²) < 4.78 is 118. The highest BCUT2D eigenvalue weighted by atomic mass is 16.4. The Balaban J connectivity index is 0.000000111. The van der Waals surface area contributed by atoms with Crippen LogP contribution in [0.2, 0.25) is 0 Å². The van der Waals surface area contributed by atoms with Crippen molar-refractivity contribution in [2.45, 2.75) is 150 Å². The summed E-state index contributed by atoms with van der Waals surface area (Å²) >= 11 is 0. The zero-order chi connectivity index (χ0) is 97.9. The zero-order valence-corrected chi connectivity index (χ0v) is 78.5. The second-order valence-electron chi connectivity index (χ2n) is 40.0. The molecule has 132 heavy (non-hydrogen) atoms. The van der Waals surface area contributed by atoms with E-state index in [0.29, 0.717) is 22.3 Å².